The van der Waals surface area contributed by atoms with E-state index in [1.165, 1.54) is 12.2 Å². The molecular weight excluding hydrogens is 376 g/mol. The van der Waals surface area contributed by atoms with Crippen molar-refractivity contribution in [3.8, 4) is 0 Å². The summed E-state index contributed by atoms with van der Waals surface area (Å²) in [6.07, 6.45) is 3.60. The van der Waals surface area contributed by atoms with Crippen LogP contribution in [-0.4, -0.2) is 46.9 Å². The first-order valence-electron chi connectivity index (χ1n) is 9.40. The van der Waals surface area contributed by atoms with Gasteiger partial charge in [-0.05, 0) is 31.9 Å². The van der Waals surface area contributed by atoms with E-state index in [1.807, 2.05) is 0 Å². The van der Waals surface area contributed by atoms with Crippen molar-refractivity contribution >= 4 is 28.8 Å². The zero-order valence-corrected chi connectivity index (χ0v) is 15.9. The first kappa shape index (κ1) is 20.2. The van der Waals surface area contributed by atoms with Crippen LogP contribution >= 0.6 is 0 Å². The standard InChI is InChI=1S/C20H22N4O5/c1-2-29-16(25)8-7-13(11-12-9-10-21-18(12)26)22-19(27)17-20(28)24-15-6-4-3-5-14(15)23-17/h3-8,12-13H,2,9-11H2,1H3,(H,21,26)(H,22,27)(H,24,28)/b8-7+/t12?,13-/m1/s1. The maximum atomic E-state index is 12.7. The number of amides is 2. The lowest BCUT2D eigenvalue weighted by Gasteiger charge is -2.17. The second kappa shape index (κ2) is 9.13. The Morgan fingerprint density at radius 3 is 2.86 bits per heavy atom. The molecule has 0 saturated carbocycles. The molecule has 29 heavy (non-hydrogen) atoms. The largest absolute Gasteiger partial charge is 0.463 e. The summed E-state index contributed by atoms with van der Waals surface area (Å²) in [5, 5.41) is 5.43. The van der Waals surface area contributed by atoms with Crippen LogP contribution in [0.4, 0.5) is 0 Å². The molecule has 3 rings (SSSR count). The van der Waals surface area contributed by atoms with Gasteiger partial charge >= 0.3 is 5.97 Å². The van der Waals surface area contributed by atoms with Crippen molar-refractivity contribution in [1.29, 1.82) is 0 Å². The maximum absolute atomic E-state index is 12.7. The number of para-hydroxylation sites is 2. The fraction of sp³-hybridized carbons (Fsp3) is 0.350. The molecule has 1 aromatic heterocycles. The van der Waals surface area contributed by atoms with Gasteiger partial charge in [0.25, 0.3) is 11.5 Å². The monoisotopic (exact) mass is 398 g/mol. The van der Waals surface area contributed by atoms with Crippen molar-refractivity contribution in [2.75, 3.05) is 13.2 Å². The van der Waals surface area contributed by atoms with Gasteiger partial charge in [-0.2, -0.15) is 0 Å². The Labute approximate surface area is 166 Å². The van der Waals surface area contributed by atoms with Crippen molar-refractivity contribution in [3.05, 3.63) is 52.5 Å². The SMILES string of the molecule is CCOC(=O)/C=C/[C@H](CC1CCNC1=O)NC(=O)c1nc2ccccc2[nH]c1=O. The molecular formula is C20H22N4O5. The van der Waals surface area contributed by atoms with Crippen LogP contribution in [0, 0.1) is 5.92 Å². The van der Waals surface area contributed by atoms with Crippen molar-refractivity contribution in [3.63, 3.8) is 0 Å². The van der Waals surface area contributed by atoms with Gasteiger partial charge < -0.3 is 20.4 Å². The summed E-state index contributed by atoms with van der Waals surface area (Å²) in [7, 11) is 0. The van der Waals surface area contributed by atoms with Crippen LogP contribution in [-0.2, 0) is 14.3 Å². The van der Waals surface area contributed by atoms with E-state index in [0.29, 0.717) is 30.4 Å². The number of rotatable bonds is 7. The first-order valence-corrected chi connectivity index (χ1v) is 9.40. The number of carbonyl (C=O) groups excluding carboxylic acids is 3. The quantitative estimate of drug-likeness (QED) is 0.464. The van der Waals surface area contributed by atoms with Crippen LogP contribution in [0.2, 0.25) is 0 Å². The normalized spacial score (nSPS) is 17.3. The Bertz CT molecular complexity index is 1010. The fourth-order valence-electron chi connectivity index (χ4n) is 3.17. The summed E-state index contributed by atoms with van der Waals surface area (Å²) in [4.78, 5) is 55.3. The van der Waals surface area contributed by atoms with Crippen molar-refractivity contribution in [2.45, 2.75) is 25.8 Å². The number of carbonyl (C=O) groups is 3. The van der Waals surface area contributed by atoms with Gasteiger partial charge in [0.2, 0.25) is 5.91 Å². The van der Waals surface area contributed by atoms with Gasteiger partial charge in [0.05, 0.1) is 17.6 Å². The Morgan fingerprint density at radius 1 is 1.34 bits per heavy atom. The van der Waals surface area contributed by atoms with E-state index < -0.39 is 23.5 Å². The maximum Gasteiger partial charge on any atom is 0.330 e. The van der Waals surface area contributed by atoms with Gasteiger partial charge in [-0.3, -0.25) is 14.4 Å². The number of fused-ring (bicyclic) bond motifs is 1. The minimum atomic E-state index is -0.686. The molecule has 9 nitrogen and oxygen atoms in total. The van der Waals surface area contributed by atoms with Crippen LogP contribution in [0.15, 0.2) is 41.2 Å². The number of benzene rings is 1. The summed E-state index contributed by atoms with van der Waals surface area (Å²) in [6, 6.07) is 6.23. The molecule has 0 radical (unpaired) electrons. The lowest BCUT2D eigenvalue weighted by molar-refractivity contribution is -0.137. The highest BCUT2D eigenvalue weighted by Gasteiger charge is 2.28. The van der Waals surface area contributed by atoms with Gasteiger partial charge in [-0.25, -0.2) is 9.78 Å². The summed E-state index contributed by atoms with van der Waals surface area (Å²) < 4.78 is 4.86. The smallest absolute Gasteiger partial charge is 0.330 e. The second-order valence-corrected chi connectivity index (χ2v) is 6.64. The molecule has 0 aliphatic carbocycles. The number of aromatic amines is 1. The summed E-state index contributed by atoms with van der Waals surface area (Å²) >= 11 is 0. The predicted molar refractivity (Wildman–Crippen MR) is 105 cm³/mol. The van der Waals surface area contributed by atoms with Gasteiger partial charge in [0.15, 0.2) is 5.69 Å². The van der Waals surface area contributed by atoms with E-state index in [9.17, 15) is 19.2 Å². The molecule has 3 N–H and O–H groups in total. The minimum absolute atomic E-state index is 0.101. The Hall–Kier alpha value is -3.49. The number of hydrogen-bond donors (Lipinski definition) is 3. The van der Waals surface area contributed by atoms with Crippen molar-refractivity contribution < 1.29 is 19.1 Å². The van der Waals surface area contributed by atoms with E-state index in [4.69, 9.17) is 4.74 Å². The highest BCUT2D eigenvalue weighted by atomic mass is 16.5. The molecule has 9 heteroatoms. The predicted octanol–water partition coefficient (Wildman–Crippen LogP) is 0.667. The van der Waals surface area contributed by atoms with E-state index in [2.05, 4.69) is 20.6 Å². The zero-order valence-electron chi connectivity index (χ0n) is 15.9. The molecule has 2 amide bonds. The highest BCUT2D eigenvalue weighted by Crippen LogP contribution is 2.17. The highest BCUT2D eigenvalue weighted by molar-refractivity contribution is 5.94. The molecule has 0 spiro atoms. The molecule has 2 heterocycles. The zero-order chi connectivity index (χ0) is 20.8. The molecule has 1 aromatic carbocycles. The van der Waals surface area contributed by atoms with Crippen LogP contribution < -0.4 is 16.2 Å². The van der Waals surface area contributed by atoms with Crippen LogP contribution in [0.1, 0.15) is 30.3 Å². The average molecular weight is 398 g/mol. The minimum Gasteiger partial charge on any atom is -0.463 e. The first-order chi connectivity index (χ1) is 14.0. The van der Waals surface area contributed by atoms with Gasteiger partial charge in [0.1, 0.15) is 0 Å². The van der Waals surface area contributed by atoms with E-state index in [1.54, 1.807) is 31.2 Å². The van der Waals surface area contributed by atoms with E-state index in [-0.39, 0.29) is 24.1 Å². The Morgan fingerprint density at radius 2 is 2.14 bits per heavy atom. The molecule has 0 bridgehead atoms. The molecule has 1 fully saturated rings. The summed E-state index contributed by atoms with van der Waals surface area (Å²) in [5.74, 6) is -1.64. The molecule has 1 aliphatic heterocycles. The van der Waals surface area contributed by atoms with Crippen molar-refractivity contribution in [2.24, 2.45) is 5.92 Å². The number of hydrogen-bond acceptors (Lipinski definition) is 6. The molecule has 1 saturated heterocycles. The molecule has 2 atom stereocenters. The van der Waals surface area contributed by atoms with E-state index >= 15 is 0 Å². The number of ether oxygens (including phenoxy) is 1. The van der Waals surface area contributed by atoms with Crippen LogP contribution in [0.3, 0.4) is 0 Å². The number of nitrogens with zero attached hydrogens (tertiary/aromatic N) is 1. The lowest BCUT2D eigenvalue weighted by Crippen LogP contribution is -2.39. The van der Waals surface area contributed by atoms with E-state index in [0.717, 1.165) is 0 Å². The van der Waals surface area contributed by atoms with Gasteiger partial charge in [-0.15, -0.1) is 0 Å². The lowest BCUT2D eigenvalue weighted by atomic mass is 9.98. The Balaban J connectivity index is 1.81. The number of nitrogens with one attached hydrogen (secondary N) is 3. The van der Waals surface area contributed by atoms with Crippen LogP contribution in [0.5, 0.6) is 0 Å². The topological polar surface area (TPSA) is 130 Å². The Kier molecular flexibility index (Phi) is 6.38. The van der Waals surface area contributed by atoms with Gasteiger partial charge in [-0.1, -0.05) is 18.2 Å². The molecule has 1 aliphatic rings. The third kappa shape index (κ3) is 5.07. The average Bonchev–Trinajstić information content (AvgIpc) is 3.10. The third-order valence-electron chi connectivity index (χ3n) is 4.58. The molecule has 1 unspecified atom stereocenters. The number of H-pyrrole nitrogens is 1. The number of esters is 1. The van der Waals surface area contributed by atoms with Crippen molar-refractivity contribution in [1.82, 2.24) is 20.6 Å². The third-order valence-corrected chi connectivity index (χ3v) is 4.58. The molecule has 152 valence electrons. The van der Waals surface area contributed by atoms with Gasteiger partial charge in [0, 0.05) is 24.6 Å². The summed E-state index contributed by atoms with van der Waals surface area (Å²) in [5.41, 5.74) is 0.100. The van der Waals surface area contributed by atoms with Crippen LogP contribution in [0.25, 0.3) is 11.0 Å². The number of aromatic nitrogens is 2. The molecule has 2 aromatic rings. The second-order valence-electron chi connectivity index (χ2n) is 6.64. The summed E-state index contributed by atoms with van der Waals surface area (Å²) in [6.45, 7) is 2.48. The fourth-order valence-corrected chi connectivity index (χ4v) is 3.17.